The molecule has 0 fully saturated rings. The predicted molar refractivity (Wildman–Crippen MR) is 79.4 cm³/mol. The molecular formula is C12H13ClIN3O. The molecule has 0 amide bonds. The Morgan fingerprint density at radius 3 is 2.72 bits per heavy atom. The third kappa shape index (κ3) is 2.95. The number of rotatable bonds is 3. The van der Waals surface area contributed by atoms with Gasteiger partial charge in [0.25, 0.3) is 0 Å². The minimum absolute atomic E-state index is 0.192. The number of halogens is 2. The van der Waals surface area contributed by atoms with E-state index in [4.69, 9.17) is 16.3 Å². The van der Waals surface area contributed by atoms with Crippen molar-refractivity contribution in [3.63, 3.8) is 0 Å². The van der Waals surface area contributed by atoms with Crippen LogP contribution >= 0.6 is 34.2 Å². The number of benzene rings is 1. The van der Waals surface area contributed by atoms with Gasteiger partial charge in [0.15, 0.2) is 0 Å². The lowest BCUT2D eigenvalue weighted by Crippen LogP contribution is -2.05. The third-order valence-corrected chi connectivity index (χ3v) is 3.28. The van der Waals surface area contributed by atoms with E-state index in [0.717, 1.165) is 5.56 Å². The molecule has 4 nitrogen and oxygen atoms in total. The zero-order chi connectivity index (χ0) is 13.3. The minimum Gasteiger partial charge on any atom is -0.424 e. The van der Waals surface area contributed by atoms with E-state index in [0.29, 0.717) is 20.6 Å². The molecule has 96 valence electrons. The number of aryl methyl sites for hydroxylation is 1. The summed E-state index contributed by atoms with van der Waals surface area (Å²) in [5.41, 5.74) is 1.02. The predicted octanol–water partition coefficient (Wildman–Crippen LogP) is 4.22. The normalized spacial score (nSPS) is 11.0. The Bertz CT molecular complexity index is 568. The van der Waals surface area contributed by atoms with Crippen LogP contribution in [0.2, 0.25) is 5.02 Å². The number of ether oxygens (including phenoxy) is 1. The minimum atomic E-state index is 0.192. The van der Waals surface area contributed by atoms with Crippen LogP contribution in [0.1, 0.15) is 25.5 Å². The van der Waals surface area contributed by atoms with Gasteiger partial charge in [-0.1, -0.05) is 17.7 Å². The van der Waals surface area contributed by atoms with E-state index in [1.165, 1.54) is 0 Å². The summed E-state index contributed by atoms with van der Waals surface area (Å²) in [6.45, 7) is 6.01. The van der Waals surface area contributed by atoms with Crippen LogP contribution in [0.3, 0.4) is 0 Å². The van der Waals surface area contributed by atoms with Gasteiger partial charge < -0.3 is 4.74 Å². The molecule has 0 saturated heterocycles. The van der Waals surface area contributed by atoms with E-state index < -0.39 is 0 Å². The summed E-state index contributed by atoms with van der Waals surface area (Å²) >= 11 is 8.13. The van der Waals surface area contributed by atoms with Crippen LogP contribution in [0.15, 0.2) is 18.2 Å². The second-order valence-corrected chi connectivity index (χ2v) is 5.59. The Labute approximate surface area is 124 Å². The number of nitrogens with zero attached hydrogens (tertiary/aromatic N) is 3. The molecular weight excluding hydrogens is 365 g/mol. The van der Waals surface area contributed by atoms with E-state index in [1.807, 2.05) is 32.9 Å². The molecule has 0 bridgehead atoms. The summed E-state index contributed by atoms with van der Waals surface area (Å²) < 4.78 is 8.13. The Kier molecular flexibility index (Phi) is 4.11. The molecule has 2 rings (SSSR count). The Balaban J connectivity index is 2.30. The third-order valence-electron chi connectivity index (χ3n) is 2.42. The topological polar surface area (TPSA) is 39.9 Å². The molecule has 0 spiro atoms. The first kappa shape index (κ1) is 13.6. The first-order valence-electron chi connectivity index (χ1n) is 5.53. The molecule has 0 atom stereocenters. The molecule has 18 heavy (non-hydrogen) atoms. The average molecular weight is 378 g/mol. The highest BCUT2D eigenvalue weighted by Gasteiger charge is 2.13. The molecule has 0 aliphatic carbocycles. The summed E-state index contributed by atoms with van der Waals surface area (Å²) in [4.78, 5) is 4.25. The quantitative estimate of drug-likeness (QED) is 0.752. The largest absolute Gasteiger partial charge is 0.424 e. The van der Waals surface area contributed by atoms with E-state index in [-0.39, 0.29) is 6.04 Å². The zero-order valence-electron chi connectivity index (χ0n) is 10.3. The fraction of sp³-hybridized carbons (Fsp3) is 0.333. The summed E-state index contributed by atoms with van der Waals surface area (Å²) in [6.07, 6.45) is 0. The van der Waals surface area contributed by atoms with Gasteiger partial charge in [0, 0.05) is 27.6 Å². The van der Waals surface area contributed by atoms with Gasteiger partial charge in [-0.05, 0) is 38.5 Å². The van der Waals surface area contributed by atoms with Crippen LogP contribution in [0.5, 0.6) is 11.8 Å². The number of aromatic nitrogens is 3. The highest BCUT2D eigenvalue weighted by Crippen LogP contribution is 2.27. The van der Waals surface area contributed by atoms with Crippen LogP contribution in [0, 0.1) is 10.8 Å². The SMILES string of the molecule is Cc1ccc(Oc2nc(I)nn2C(C)C)cc1Cl. The second kappa shape index (κ2) is 5.44. The Hall–Kier alpha value is -0.820. The van der Waals surface area contributed by atoms with Crippen LogP contribution in [0.25, 0.3) is 0 Å². The van der Waals surface area contributed by atoms with Gasteiger partial charge in [-0.2, -0.15) is 4.98 Å². The standard InChI is InChI=1S/C12H13ClIN3O/c1-7(2)17-12(15-11(14)16-17)18-9-5-4-8(3)10(13)6-9/h4-7H,1-3H3. The molecule has 1 heterocycles. The van der Waals surface area contributed by atoms with Gasteiger partial charge in [-0.15, -0.1) is 5.10 Å². The van der Waals surface area contributed by atoms with Crippen molar-refractivity contribution in [1.29, 1.82) is 0 Å². The maximum atomic E-state index is 6.06. The van der Waals surface area contributed by atoms with Crippen LogP contribution in [-0.4, -0.2) is 14.8 Å². The van der Waals surface area contributed by atoms with Gasteiger partial charge in [-0.3, -0.25) is 0 Å². The van der Waals surface area contributed by atoms with Gasteiger partial charge in [0.2, 0.25) is 3.83 Å². The van der Waals surface area contributed by atoms with Gasteiger partial charge >= 0.3 is 6.01 Å². The van der Waals surface area contributed by atoms with E-state index in [9.17, 15) is 0 Å². The lowest BCUT2D eigenvalue weighted by molar-refractivity contribution is 0.376. The van der Waals surface area contributed by atoms with E-state index in [1.54, 1.807) is 10.7 Å². The highest BCUT2D eigenvalue weighted by molar-refractivity contribution is 14.1. The van der Waals surface area contributed by atoms with Crippen LogP contribution in [-0.2, 0) is 0 Å². The van der Waals surface area contributed by atoms with Crippen molar-refractivity contribution in [2.75, 3.05) is 0 Å². The van der Waals surface area contributed by atoms with E-state index in [2.05, 4.69) is 32.7 Å². The fourth-order valence-corrected chi connectivity index (χ4v) is 2.04. The fourth-order valence-electron chi connectivity index (χ4n) is 1.43. The molecule has 0 N–H and O–H groups in total. The highest BCUT2D eigenvalue weighted by atomic mass is 127. The molecule has 0 aliphatic heterocycles. The van der Waals surface area contributed by atoms with Crippen molar-refractivity contribution < 1.29 is 4.74 Å². The molecule has 6 heteroatoms. The Morgan fingerprint density at radius 2 is 2.11 bits per heavy atom. The first-order chi connectivity index (χ1) is 8.47. The summed E-state index contributed by atoms with van der Waals surface area (Å²) in [7, 11) is 0. The average Bonchev–Trinajstić information content (AvgIpc) is 2.65. The first-order valence-corrected chi connectivity index (χ1v) is 6.99. The maximum Gasteiger partial charge on any atom is 0.321 e. The molecule has 1 aromatic heterocycles. The molecule has 1 aromatic carbocycles. The van der Waals surface area contributed by atoms with Crippen molar-refractivity contribution in [3.05, 3.63) is 32.6 Å². The van der Waals surface area contributed by atoms with Gasteiger partial charge in [0.1, 0.15) is 5.75 Å². The van der Waals surface area contributed by atoms with Gasteiger partial charge in [-0.25, -0.2) is 4.68 Å². The zero-order valence-corrected chi connectivity index (χ0v) is 13.2. The molecule has 0 aliphatic rings. The van der Waals surface area contributed by atoms with E-state index >= 15 is 0 Å². The van der Waals surface area contributed by atoms with Crippen molar-refractivity contribution in [2.45, 2.75) is 26.8 Å². The number of hydrogen-bond acceptors (Lipinski definition) is 3. The Morgan fingerprint density at radius 1 is 1.39 bits per heavy atom. The summed E-state index contributed by atoms with van der Waals surface area (Å²) in [5, 5.41) is 4.96. The molecule has 0 unspecified atom stereocenters. The monoisotopic (exact) mass is 377 g/mol. The molecule has 0 saturated carbocycles. The van der Waals surface area contributed by atoms with Crippen molar-refractivity contribution in [3.8, 4) is 11.8 Å². The molecule has 2 aromatic rings. The van der Waals surface area contributed by atoms with Gasteiger partial charge in [0.05, 0.1) is 6.04 Å². The lowest BCUT2D eigenvalue weighted by atomic mass is 10.2. The van der Waals surface area contributed by atoms with Crippen molar-refractivity contribution in [1.82, 2.24) is 14.8 Å². The van der Waals surface area contributed by atoms with Crippen molar-refractivity contribution in [2.24, 2.45) is 0 Å². The number of hydrogen-bond donors (Lipinski definition) is 0. The van der Waals surface area contributed by atoms with Crippen molar-refractivity contribution >= 4 is 34.2 Å². The lowest BCUT2D eigenvalue weighted by Gasteiger charge is -2.10. The summed E-state index contributed by atoms with van der Waals surface area (Å²) in [6, 6.07) is 6.24. The van der Waals surface area contributed by atoms with Crippen LogP contribution in [0.4, 0.5) is 0 Å². The maximum absolute atomic E-state index is 6.06. The smallest absolute Gasteiger partial charge is 0.321 e. The molecule has 0 radical (unpaired) electrons. The van der Waals surface area contributed by atoms with Crippen LogP contribution < -0.4 is 4.74 Å². The second-order valence-electron chi connectivity index (χ2n) is 4.21. The summed E-state index contributed by atoms with van der Waals surface area (Å²) in [5.74, 6) is 0.663.